The van der Waals surface area contributed by atoms with Crippen molar-refractivity contribution >= 4 is 6.09 Å². The second-order valence-corrected chi connectivity index (χ2v) is 5.08. The van der Waals surface area contributed by atoms with E-state index in [2.05, 4.69) is 10.6 Å². The number of carbonyl (C=O) groups excluding carboxylic acids is 1. The number of hydrogen-bond acceptors (Lipinski definition) is 3. The molecule has 0 aliphatic carbocycles. The molecule has 0 bridgehead atoms. The fourth-order valence-corrected chi connectivity index (χ4v) is 1.57. The van der Waals surface area contributed by atoms with Gasteiger partial charge in [-0.25, -0.2) is 4.79 Å². The lowest BCUT2D eigenvalue weighted by Gasteiger charge is -2.21. The fraction of sp³-hybridized carbons (Fsp3) is 0.900. The van der Waals surface area contributed by atoms with Crippen molar-refractivity contribution in [1.29, 1.82) is 0 Å². The van der Waals surface area contributed by atoms with E-state index in [9.17, 15) is 18.0 Å². The van der Waals surface area contributed by atoms with Gasteiger partial charge < -0.3 is 15.4 Å². The predicted octanol–water partition coefficient (Wildman–Crippen LogP) is 1.80. The van der Waals surface area contributed by atoms with Crippen LogP contribution >= 0.6 is 0 Å². The minimum Gasteiger partial charge on any atom is -0.444 e. The number of hydrogen-bond donors (Lipinski definition) is 2. The van der Waals surface area contributed by atoms with Gasteiger partial charge in [0.05, 0.1) is 0 Å². The van der Waals surface area contributed by atoms with Crippen molar-refractivity contribution in [2.45, 2.75) is 51.1 Å². The first-order chi connectivity index (χ1) is 7.58. The first kappa shape index (κ1) is 14.1. The smallest absolute Gasteiger partial charge is 0.407 e. The van der Waals surface area contributed by atoms with Crippen LogP contribution in [0.3, 0.4) is 0 Å². The van der Waals surface area contributed by atoms with Gasteiger partial charge in [0.1, 0.15) is 11.6 Å². The summed E-state index contributed by atoms with van der Waals surface area (Å²) < 4.78 is 42.0. The quantitative estimate of drug-likeness (QED) is 0.750. The summed E-state index contributed by atoms with van der Waals surface area (Å²) in [5, 5.41) is 4.73. The molecule has 0 aromatic rings. The molecule has 7 heteroatoms. The van der Waals surface area contributed by atoms with Crippen LogP contribution in [0.1, 0.15) is 27.2 Å². The van der Waals surface area contributed by atoms with Gasteiger partial charge in [-0.1, -0.05) is 0 Å². The molecule has 1 saturated heterocycles. The van der Waals surface area contributed by atoms with Crippen molar-refractivity contribution in [1.82, 2.24) is 10.6 Å². The van der Waals surface area contributed by atoms with Crippen LogP contribution in [-0.4, -0.2) is 36.5 Å². The largest absolute Gasteiger partial charge is 0.444 e. The monoisotopic (exact) mass is 254 g/mol. The van der Waals surface area contributed by atoms with Crippen molar-refractivity contribution in [3.05, 3.63) is 0 Å². The van der Waals surface area contributed by atoms with E-state index in [1.54, 1.807) is 20.8 Å². The molecule has 1 rings (SSSR count). The molecule has 1 heterocycles. The Morgan fingerprint density at radius 3 is 2.35 bits per heavy atom. The maximum atomic E-state index is 12.3. The molecule has 1 aliphatic heterocycles. The lowest BCUT2D eigenvalue weighted by molar-refractivity contribution is -0.152. The molecule has 0 aromatic carbocycles. The topological polar surface area (TPSA) is 50.4 Å². The van der Waals surface area contributed by atoms with E-state index in [4.69, 9.17) is 4.74 Å². The van der Waals surface area contributed by atoms with Gasteiger partial charge in [0.25, 0.3) is 0 Å². The number of ether oxygens (including phenoxy) is 1. The molecule has 0 aromatic heterocycles. The molecule has 1 fully saturated rings. The van der Waals surface area contributed by atoms with Gasteiger partial charge in [-0.15, -0.1) is 0 Å². The molecule has 0 radical (unpaired) electrons. The summed E-state index contributed by atoms with van der Waals surface area (Å²) in [5.41, 5.74) is -0.653. The number of nitrogens with one attached hydrogen (secondary N) is 2. The lowest BCUT2D eigenvalue weighted by Crippen LogP contribution is -2.40. The van der Waals surface area contributed by atoms with E-state index in [1.807, 2.05) is 0 Å². The van der Waals surface area contributed by atoms with Crippen LogP contribution in [0.5, 0.6) is 0 Å². The molecular formula is C10H17F3N2O2. The van der Waals surface area contributed by atoms with Gasteiger partial charge in [0.2, 0.25) is 0 Å². The molecule has 1 amide bonds. The van der Waals surface area contributed by atoms with Gasteiger partial charge in [-0.2, -0.15) is 13.2 Å². The van der Waals surface area contributed by atoms with Crippen molar-refractivity contribution < 1.29 is 22.7 Å². The Hall–Kier alpha value is -0.980. The second-order valence-electron chi connectivity index (χ2n) is 5.08. The standard InChI is InChI=1S/C10H17F3N2O2/c1-9(2,3)17-8(16)15-6-4-7(14-5-6)10(11,12)13/h6-7,14H,4-5H2,1-3H3,(H,15,16)/t6-,7-/m1/s1. The number of rotatable bonds is 1. The molecule has 2 atom stereocenters. The fourth-order valence-electron chi connectivity index (χ4n) is 1.57. The molecule has 17 heavy (non-hydrogen) atoms. The van der Waals surface area contributed by atoms with Crippen molar-refractivity contribution in [2.75, 3.05) is 6.54 Å². The van der Waals surface area contributed by atoms with Crippen LogP contribution in [0.4, 0.5) is 18.0 Å². The number of carbonyl (C=O) groups is 1. The molecule has 1 aliphatic rings. The van der Waals surface area contributed by atoms with Crippen LogP contribution < -0.4 is 10.6 Å². The van der Waals surface area contributed by atoms with Crippen LogP contribution in [0.25, 0.3) is 0 Å². The molecule has 0 unspecified atom stereocenters. The van der Waals surface area contributed by atoms with E-state index in [0.717, 1.165) is 0 Å². The summed E-state index contributed by atoms with van der Waals surface area (Å²) in [5.74, 6) is 0. The average Bonchev–Trinajstić information content (AvgIpc) is 2.47. The highest BCUT2D eigenvalue weighted by Gasteiger charge is 2.44. The Morgan fingerprint density at radius 2 is 1.94 bits per heavy atom. The average molecular weight is 254 g/mol. The van der Waals surface area contributed by atoms with Crippen molar-refractivity contribution in [3.63, 3.8) is 0 Å². The van der Waals surface area contributed by atoms with E-state index < -0.39 is 30.0 Å². The summed E-state index contributed by atoms with van der Waals surface area (Å²) in [7, 11) is 0. The Morgan fingerprint density at radius 1 is 1.35 bits per heavy atom. The van der Waals surface area contributed by atoms with Gasteiger partial charge in [0.15, 0.2) is 0 Å². The second kappa shape index (κ2) is 4.72. The molecule has 0 spiro atoms. The van der Waals surface area contributed by atoms with E-state index in [1.165, 1.54) is 0 Å². The predicted molar refractivity (Wildman–Crippen MR) is 55.6 cm³/mol. The SMILES string of the molecule is CC(C)(C)OC(=O)N[C@H]1CN[C@@H](C(F)(F)F)C1. The Bertz CT molecular complexity index is 286. The minimum absolute atomic E-state index is 0.101. The number of halogens is 3. The van der Waals surface area contributed by atoms with Gasteiger partial charge >= 0.3 is 12.3 Å². The number of alkyl halides is 3. The third-order valence-corrected chi connectivity index (χ3v) is 2.25. The van der Waals surface area contributed by atoms with Crippen LogP contribution in [0.2, 0.25) is 0 Å². The summed E-state index contributed by atoms with van der Waals surface area (Å²) in [6, 6.07) is -2.10. The molecule has 2 N–H and O–H groups in total. The number of amides is 1. The van der Waals surface area contributed by atoms with Gasteiger partial charge in [-0.05, 0) is 27.2 Å². The number of alkyl carbamates (subject to hydrolysis) is 1. The first-order valence-electron chi connectivity index (χ1n) is 5.37. The first-order valence-corrected chi connectivity index (χ1v) is 5.37. The highest BCUT2D eigenvalue weighted by Crippen LogP contribution is 2.26. The van der Waals surface area contributed by atoms with E-state index in [-0.39, 0.29) is 13.0 Å². The highest BCUT2D eigenvalue weighted by atomic mass is 19.4. The third-order valence-electron chi connectivity index (χ3n) is 2.25. The molecule has 0 saturated carbocycles. The summed E-state index contributed by atoms with van der Waals surface area (Å²) in [6.07, 6.45) is -5.13. The van der Waals surface area contributed by atoms with E-state index >= 15 is 0 Å². The summed E-state index contributed by atoms with van der Waals surface area (Å²) >= 11 is 0. The maximum Gasteiger partial charge on any atom is 0.407 e. The zero-order valence-electron chi connectivity index (χ0n) is 10.0. The molecule has 4 nitrogen and oxygen atoms in total. The van der Waals surface area contributed by atoms with E-state index in [0.29, 0.717) is 0 Å². The third kappa shape index (κ3) is 4.80. The molecule has 100 valence electrons. The summed E-state index contributed by atoms with van der Waals surface area (Å²) in [6.45, 7) is 5.18. The van der Waals surface area contributed by atoms with Crippen molar-refractivity contribution in [3.8, 4) is 0 Å². The lowest BCUT2D eigenvalue weighted by atomic mass is 10.1. The summed E-state index contributed by atoms with van der Waals surface area (Å²) in [4.78, 5) is 11.3. The van der Waals surface area contributed by atoms with Crippen LogP contribution in [0, 0.1) is 0 Å². The van der Waals surface area contributed by atoms with Gasteiger partial charge in [-0.3, -0.25) is 0 Å². The highest BCUT2D eigenvalue weighted by molar-refractivity contribution is 5.68. The minimum atomic E-state index is -4.27. The zero-order valence-corrected chi connectivity index (χ0v) is 10.0. The van der Waals surface area contributed by atoms with Crippen LogP contribution in [-0.2, 0) is 4.74 Å². The van der Waals surface area contributed by atoms with Crippen molar-refractivity contribution in [2.24, 2.45) is 0 Å². The molecular weight excluding hydrogens is 237 g/mol. The Labute approximate surface area is 97.9 Å². The van der Waals surface area contributed by atoms with Gasteiger partial charge in [0, 0.05) is 12.6 Å². The van der Waals surface area contributed by atoms with Crippen LogP contribution in [0.15, 0.2) is 0 Å². The maximum absolute atomic E-state index is 12.3. The Balaban J connectivity index is 2.38. The Kier molecular flexibility index (Phi) is 3.91. The normalized spacial score (nSPS) is 25.8. The zero-order chi connectivity index (χ0) is 13.3.